The van der Waals surface area contributed by atoms with Crippen molar-refractivity contribution in [3.05, 3.63) is 169 Å². The average Bonchev–Trinajstić information content (AvgIpc) is 3.92. The molecule has 2 aromatic heterocycles. The van der Waals surface area contributed by atoms with Gasteiger partial charge in [-0.3, -0.25) is 0 Å². The summed E-state index contributed by atoms with van der Waals surface area (Å²) in [5.74, 6) is 3.77. The monoisotopic (exact) mass is 846 g/mol. The van der Waals surface area contributed by atoms with Gasteiger partial charge < -0.3 is 23.7 Å². The molecule has 0 aliphatic rings. The zero-order chi connectivity index (χ0) is 35.7. The second-order valence-electron chi connectivity index (χ2n) is 13.4. The average molecular weight is 849 g/mol. The van der Waals surface area contributed by atoms with Gasteiger partial charge in [-0.05, 0) is 102 Å². The minimum atomic E-state index is 0. The summed E-state index contributed by atoms with van der Waals surface area (Å²) in [4.78, 5) is 0. The molecule has 0 unspecified atom stereocenters. The summed E-state index contributed by atoms with van der Waals surface area (Å²) in [7, 11) is 0. The molecule has 0 aliphatic heterocycles. The van der Waals surface area contributed by atoms with Crippen LogP contribution in [0, 0.1) is 70.2 Å². The molecule has 54 heavy (non-hydrogen) atoms. The predicted molar refractivity (Wildman–Crippen MR) is 236 cm³/mol. The van der Waals surface area contributed by atoms with Gasteiger partial charge in [-0.25, -0.2) is 0 Å². The number of fused-ring (bicyclic) bond motifs is 2. The van der Waals surface area contributed by atoms with E-state index in [1.54, 1.807) is 0 Å². The van der Waals surface area contributed by atoms with Gasteiger partial charge in [-0.1, -0.05) is 93.0 Å². The molecule has 0 saturated heterocycles. The fourth-order valence-corrected chi connectivity index (χ4v) is 6.85. The van der Waals surface area contributed by atoms with Gasteiger partial charge in [-0.15, -0.1) is 82.8 Å². The molecule has 0 amide bonds. The molecule has 2 nitrogen and oxygen atoms in total. The van der Waals surface area contributed by atoms with Crippen molar-refractivity contribution in [2.24, 2.45) is 0 Å². The minimum absolute atomic E-state index is 0. The number of halogens is 2. The van der Waals surface area contributed by atoms with Crippen LogP contribution < -0.4 is 0 Å². The predicted octanol–water partition coefficient (Wildman–Crippen LogP) is 14.8. The Kier molecular flexibility index (Phi) is 17.0. The van der Waals surface area contributed by atoms with Gasteiger partial charge in [0.15, 0.2) is 0 Å². The normalized spacial score (nSPS) is 10.1. The summed E-state index contributed by atoms with van der Waals surface area (Å²) in [5, 5.41) is 5.15. The Balaban J connectivity index is 0.000000334. The van der Waals surface area contributed by atoms with Crippen molar-refractivity contribution in [1.82, 2.24) is 0 Å². The number of furan rings is 2. The summed E-state index contributed by atoms with van der Waals surface area (Å²) in [5.41, 5.74) is 15.4. The standard InChI is InChI=1S/2C23H21O.2CH3.2ClH.Si.Zr/c2*1-14-5-8-18(9-6-14)23-17(4)15(2)11-19-12-20(13-21(19)23)22-10-7-16(3)24-22;;;;;;/h2*5-13H,1-4H3;2*1H3;2*1H;;/q4*-1;;;;. The van der Waals surface area contributed by atoms with E-state index in [-0.39, 0.29) is 39.7 Å². The summed E-state index contributed by atoms with van der Waals surface area (Å²) < 4.78 is 11.6. The van der Waals surface area contributed by atoms with E-state index < -0.39 is 0 Å². The molecule has 8 rings (SSSR count). The Bertz CT molecular complexity index is 2270. The third-order valence-electron chi connectivity index (χ3n) is 9.79. The van der Waals surface area contributed by atoms with Crippen LogP contribution in [0.25, 0.3) is 66.4 Å². The van der Waals surface area contributed by atoms with Crippen molar-refractivity contribution < 1.29 is 32.2 Å². The van der Waals surface area contributed by atoms with Crippen LogP contribution >= 0.6 is 24.8 Å². The summed E-state index contributed by atoms with van der Waals surface area (Å²) >= 11 is 1.36. The van der Waals surface area contributed by atoms with E-state index >= 15 is 0 Å². The molecule has 0 saturated carbocycles. The second-order valence-corrected chi connectivity index (χ2v) is 13.4. The molecule has 6 aromatic carbocycles. The zero-order valence-corrected chi connectivity index (χ0v) is 38.1. The Morgan fingerprint density at radius 3 is 1.09 bits per heavy atom. The molecule has 8 aromatic rings. The van der Waals surface area contributed by atoms with E-state index in [1.807, 2.05) is 26.0 Å². The fourth-order valence-electron chi connectivity index (χ4n) is 6.85. The number of rotatable bonds is 4. The van der Waals surface area contributed by atoms with Crippen molar-refractivity contribution >= 4 is 53.2 Å². The molecule has 6 heteroatoms. The molecule has 0 fully saturated rings. The van der Waals surface area contributed by atoms with Gasteiger partial charge in [0.05, 0.1) is 23.0 Å². The molecule has 0 bridgehead atoms. The molecule has 0 spiro atoms. The molecule has 2 heterocycles. The Morgan fingerprint density at radius 2 is 0.796 bits per heavy atom. The number of hydrogen-bond donors (Lipinski definition) is 0. The molecule has 2 radical (unpaired) electrons. The molecular weight excluding hydrogens is 799 g/mol. The quantitative estimate of drug-likeness (QED) is 0.130. The van der Waals surface area contributed by atoms with Gasteiger partial charge in [0.1, 0.15) is 0 Å². The van der Waals surface area contributed by atoms with Crippen molar-refractivity contribution in [2.75, 3.05) is 0 Å². The first-order chi connectivity index (χ1) is 24.0. The Morgan fingerprint density at radius 1 is 0.463 bits per heavy atom. The van der Waals surface area contributed by atoms with E-state index in [4.69, 9.17) is 8.83 Å². The maximum atomic E-state index is 5.82. The third kappa shape index (κ3) is 9.58. The zero-order valence-electron chi connectivity index (χ0n) is 33.0. The van der Waals surface area contributed by atoms with E-state index in [1.165, 1.54) is 101 Å². The third-order valence-corrected chi connectivity index (χ3v) is 9.79. The molecule has 0 atom stereocenters. The van der Waals surface area contributed by atoms with Crippen LogP contribution in [0.5, 0.6) is 0 Å². The van der Waals surface area contributed by atoms with Crippen molar-refractivity contribution in [3.63, 3.8) is 0 Å². The first-order valence-electron chi connectivity index (χ1n) is 17.0. The van der Waals surface area contributed by atoms with Gasteiger partial charge in [0.2, 0.25) is 0 Å². The van der Waals surface area contributed by atoms with Crippen LogP contribution in [0.15, 0.2) is 118 Å². The SMILES string of the molecule is Cc1ccc(-c2c(C)c(C)cc3[cH-]c(-c4ccc(C)o4)cc23)cc1.Cc1ccc(-c2c(C)c(C)cc3[cH-]c(-c4ccc(C)o4)cc23)cc1.Cl.Cl.[CH3-].[CH3-].[Si]=[Zr]. The molecule has 0 N–H and O–H groups in total. The summed E-state index contributed by atoms with van der Waals surface area (Å²) in [6.07, 6.45) is 0. The topological polar surface area (TPSA) is 26.3 Å². The van der Waals surface area contributed by atoms with Crippen LogP contribution in [-0.4, -0.2) is 6.88 Å². The number of aryl methyl sites for hydroxylation is 6. The van der Waals surface area contributed by atoms with Crippen molar-refractivity contribution in [1.29, 1.82) is 0 Å². The van der Waals surface area contributed by atoms with Gasteiger partial charge in [0.25, 0.3) is 0 Å². The first kappa shape index (κ1) is 46.5. The molecule has 0 aliphatic carbocycles. The van der Waals surface area contributed by atoms with Gasteiger partial charge in [-0.2, -0.15) is 0 Å². The summed E-state index contributed by atoms with van der Waals surface area (Å²) in [6.45, 7) is 20.1. The second kappa shape index (κ2) is 19.8. The first-order valence-corrected chi connectivity index (χ1v) is 21.2. The number of benzene rings is 4. The fraction of sp³-hybridized carbons (Fsp3) is 0.167. The van der Waals surface area contributed by atoms with Crippen molar-refractivity contribution in [3.8, 4) is 44.9 Å². The summed E-state index contributed by atoms with van der Waals surface area (Å²) in [6, 6.07) is 39.3. The van der Waals surface area contributed by atoms with E-state index in [9.17, 15) is 0 Å². The van der Waals surface area contributed by atoms with E-state index in [0.717, 1.165) is 34.2 Å². The Hall–Kier alpha value is -3.66. The van der Waals surface area contributed by atoms with Crippen LogP contribution in [0.3, 0.4) is 0 Å². The molecular formula is C48H50Cl2O2SiZr-4. The van der Waals surface area contributed by atoms with E-state index in [0.29, 0.717) is 0 Å². The van der Waals surface area contributed by atoms with Crippen LogP contribution in [0.1, 0.15) is 44.9 Å². The van der Waals surface area contributed by atoms with Crippen LogP contribution in [0.4, 0.5) is 0 Å². The van der Waals surface area contributed by atoms with Crippen LogP contribution in [0.2, 0.25) is 0 Å². The molecule has 280 valence electrons. The van der Waals surface area contributed by atoms with Crippen LogP contribution in [-0.2, 0) is 23.3 Å². The van der Waals surface area contributed by atoms with Gasteiger partial charge in [0, 0.05) is 0 Å². The maximum absolute atomic E-state index is 5.82. The van der Waals surface area contributed by atoms with Gasteiger partial charge >= 0.3 is 30.2 Å². The van der Waals surface area contributed by atoms with E-state index in [2.05, 4.69) is 145 Å². The number of hydrogen-bond acceptors (Lipinski definition) is 2. The Labute approximate surface area is 352 Å². The van der Waals surface area contributed by atoms with Crippen molar-refractivity contribution in [2.45, 2.75) is 55.4 Å².